The predicted molar refractivity (Wildman–Crippen MR) is 51.2 cm³/mol. The van der Waals surface area contributed by atoms with Crippen molar-refractivity contribution in [3.8, 4) is 0 Å². The second kappa shape index (κ2) is 7.93. The van der Waals surface area contributed by atoms with Crippen LogP contribution >= 0.6 is 0 Å². The molecule has 1 rings (SSSR count). The minimum atomic E-state index is -5.19. The Kier molecular flexibility index (Phi) is 8.80. The van der Waals surface area contributed by atoms with E-state index in [1.54, 1.807) is 6.07 Å². The molecule has 0 aliphatic rings. The van der Waals surface area contributed by atoms with Crippen LogP contribution in [0.1, 0.15) is 0 Å². The molecule has 0 nitrogen and oxygen atoms in total. The van der Waals surface area contributed by atoms with Gasteiger partial charge in [-0.3, -0.25) is 0 Å². The molecule has 0 saturated carbocycles. The minimum Gasteiger partial charge on any atom is -0.999 e. The molecule has 0 aliphatic heterocycles. The molecule has 1 aromatic carbocycles. The zero-order chi connectivity index (χ0) is 13.7. The Hall–Kier alpha value is -0.371. The summed E-state index contributed by atoms with van der Waals surface area (Å²) in [6, 6.07) is 12.0. The molecule has 18 heavy (non-hydrogen) atoms. The van der Waals surface area contributed by atoms with E-state index in [0.717, 1.165) is 0 Å². The molecule has 0 spiro atoms. The summed E-state index contributed by atoms with van der Waals surface area (Å²) in [4.78, 5) is -4.41. The average Bonchev–Trinajstić information content (AvgIpc) is 2.70. The first kappa shape index (κ1) is 20.0. The monoisotopic (exact) mass is 343 g/mol. The molecular formula is C9HF6FeS2-7. The summed E-state index contributed by atoms with van der Waals surface area (Å²) >= 11 is 6.95. The van der Waals surface area contributed by atoms with Gasteiger partial charge in [-0.1, -0.05) is 0 Å². The van der Waals surface area contributed by atoms with Crippen LogP contribution in [0.3, 0.4) is 0 Å². The van der Waals surface area contributed by atoms with Crippen LogP contribution in [0.5, 0.6) is 0 Å². The van der Waals surface area contributed by atoms with Gasteiger partial charge in [0.25, 0.3) is 0 Å². The van der Waals surface area contributed by atoms with E-state index in [0.29, 0.717) is 0 Å². The van der Waals surface area contributed by atoms with Crippen molar-refractivity contribution in [2.45, 2.75) is 12.4 Å². The van der Waals surface area contributed by atoms with Crippen molar-refractivity contribution >= 4 is 25.3 Å². The molecule has 0 fully saturated rings. The predicted octanol–water partition coefficient (Wildman–Crippen LogP) is 3.02. The molecule has 0 bridgehead atoms. The van der Waals surface area contributed by atoms with E-state index < -0.39 is 22.2 Å². The molecule has 106 valence electrons. The van der Waals surface area contributed by atoms with E-state index in [4.69, 9.17) is 0 Å². The van der Waals surface area contributed by atoms with Crippen LogP contribution in [0.25, 0.3) is 0 Å². The summed E-state index contributed by atoms with van der Waals surface area (Å²) in [6.07, 6.45) is -10.4. The SMILES string of the molecule is FC(F)(F)C([S-])=C([S-])C(F)(F)F.[Fe].[c-]1[c-][c-][cH-][c-]1. The van der Waals surface area contributed by atoms with Gasteiger partial charge in [0, 0.05) is 17.1 Å². The van der Waals surface area contributed by atoms with Crippen molar-refractivity contribution in [2.75, 3.05) is 0 Å². The fraction of sp³-hybridized carbons (Fsp3) is 0.222. The van der Waals surface area contributed by atoms with Gasteiger partial charge in [0.05, 0.1) is 0 Å². The summed E-state index contributed by atoms with van der Waals surface area (Å²) in [6.45, 7) is 0. The van der Waals surface area contributed by atoms with Crippen LogP contribution in [0.4, 0.5) is 26.3 Å². The van der Waals surface area contributed by atoms with Gasteiger partial charge in [0.15, 0.2) is 0 Å². The molecule has 9 heteroatoms. The second-order valence-electron chi connectivity index (χ2n) is 2.34. The van der Waals surface area contributed by atoms with Gasteiger partial charge >= 0.3 is 12.4 Å². The van der Waals surface area contributed by atoms with E-state index in [1.165, 1.54) is 0 Å². The van der Waals surface area contributed by atoms with E-state index in [9.17, 15) is 26.3 Å². The fourth-order valence-electron chi connectivity index (χ4n) is 0.438. The molecule has 0 heterocycles. The maximum Gasteiger partial charge on any atom is 0.391 e. The Morgan fingerprint density at radius 1 is 0.778 bits per heavy atom. The van der Waals surface area contributed by atoms with Gasteiger partial charge in [0.2, 0.25) is 0 Å². The van der Waals surface area contributed by atoms with E-state index in [2.05, 4.69) is 49.5 Å². The Morgan fingerprint density at radius 2 is 1.06 bits per heavy atom. The first-order valence-corrected chi connectivity index (χ1v) is 4.44. The van der Waals surface area contributed by atoms with Gasteiger partial charge < -0.3 is 55.6 Å². The van der Waals surface area contributed by atoms with Crippen molar-refractivity contribution in [2.24, 2.45) is 0 Å². The van der Waals surface area contributed by atoms with Crippen molar-refractivity contribution in [1.29, 1.82) is 0 Å². The number of halogens is 6. The largest absolute Gasteiger partial charge is 0.999 e. The Balaban J connectivity index is 0. The quantitative estimate of drug-likeness (QED) is 0.307. The van der Waals surface area contributed by atoms with Crippen LogP contribution in [-0.4, -0.2) is 12.4 Å². The third-order valence-corrected chi connectivity index (χ3v) is 2.07. The van der Waals surface area contributed by atoms with Crippen molar-refractivity contribution in [1.82, 2.24) is 0 Å². The molecule has 0 aliphatic carbocycles. The van der Waals surface area contributed by atoms with E-state index >= 15 is 0 Å². The van der Waals surface area contributed by atoms with Crippen molar-refractivity contribution in [3.05, 3.63) is 40.1 Å². The summed E-state index contributed by atoms with van der Waals surface area (Å²) in [5.74, 6) is 0. The van der Waals surface area contributed by atoms with Gasteiger partial charge in [-0.2, -0.15) is 26.3 Å². The molecule has 0 saturated heterocycles. The number of alkyl halides is 6. The van der Waals surface area contributed by atoms with Gasteiger partial charge in [-0.25, -0.2) is 0 Å². The molecule has 1 aromatic rings. The summed E-state index contributed by atoms with van der Waals surface area (Å²) in [5, 5.41) is 0. The molecule has 0 N–H and O–H groups in total. The minimum absolute atomic E-state index is 0. The third kappa shape index (κ3) is 7.86. The maximum atomic E-state index is 11.5. The van der Waals surface area contributed by atoms with E-state index in [1.807, 2.05) is 0 Å². The van der Waals surface area contributed by atoms with Crippen LogP contribution in [-0.2, 0) is 42.3 Å². The standard InChI is InChI=1S/C5H.C4H2F6S2.Fe/c1-2-4-5-3-1;5-3(6,7)1(11)2(12)4(8,9)10;/h1H;11-12H;/q-5;;/p-2. The van der Waals surface area contributed by atoms with Crippen LogP contribution in [0.15, 0.2) is 15.9 Å². The normalized spacial score (nSPS) is 12.8. The second-order valence-corrected chi connectivity index (χ2v) is 3.15. The number of rotatable bonds is 0. The Labute approximate surface area is 121 Å². The Bertz CT molecular complexity index is 313. The van der Waals surface area contributed by atoms with Crippen molar-refractivity contribution < 1.29 is 43.4 Å². The first-order chi connectivity index (χ1) is 7.57. The van der Waals surface area contributed by atoms with Crippen LogP contribution in [0.2, 0.25) is 0 Å². The zero-order valence-electron chi connectivity index (χ0n) is 8.02. The summed E-state index contributed by atoms with van der Waals surface area (Å²) in [5.41, 5.74) is 0. The van der Waals surface area contributed by atoms with Crippen LogP contribution in [0, 0.1) is 24.3 Å². The number of hydrogen-bond acceptors (Lipinski definition) is 2. The third-order valence-electron chi connectivity index (χ3n) is 1.07. The molecule has 0 amide bonds. The maximum absolute atomic E-state index is 11.5. The molecule has 0 atom stereocenters. The first-order valence-electron chi connectivity index (χ1n) is 3.62. The smallest absolute Gasteiger partial charge is 0.391 e. The van der Waals surface area contributed by atoms with Crippen LogP contribution < -0.4 is 0 Å². The molecule has 0 aromatic heterocycles. The fourth-order valence-corrected chi connectivity index (χ4v) is 0.669. The number of hydrogen-bond donors (Lipinski definition) is 0. The summed E-state index contributed by atoms with van der Waals surface area (Å²) in [7, 11) is 0. The van der Waals surface area contributed by atoms with Crippen molar-refractivity contribution in [3.63, 3.8) is 0 Å². The number of allylic oxidation sites excluding steroid dienone is 2. The van der Waals surface area contributed by atoms with Gasteiger partial charge in [-0.05, 0) is 0 Å². The van der Waals surface area contributed by atoms with E-state index in [-0.39, 0.29) is 17.1 Å². The average molecular weight is 343 g/mol. The van der Waals surface area contributed by atoms with Gasteiger partial charge in [-0.15, -0.1) is 9.81 Å². The molecule has 0 unspecified atom stereocenters. The topological polar surface area (TPSA) is 0 Å². The zero-order valence-corrected chi connectivity index (χ0v) is 10.8. The Morgan fingerprint density at radius 3 is 1.17 bits per heavy atom. The molecule has 0 radical (unpaired) electrons. The summed E-state index contributed by atoms with van der Waals surface area (Å²) < 4.78 is 69.0. The van der Waals surface area contributed by atoms with Gasteiger partial charge in [0.1, 0.15) is 0 Å². The molecular weight excluding hydrogens is 342 g/mol.